The fourth-order valence-electron chi connectivity index (χ4n) is 2.32. The normalized spacial score (nSPS) is 18.4. The zero-order chi connectivity index (χ0) is 15.5. The molecule has 1 saturated heterocycles. The first-order chi connectivity index (χ1) is 9.90. The second kappa shape index (κ2) is 6.04. The number of rotatable bonds is 3. The molecule has 1 fully saturated rings. The molecule has 0 aromatic heterocycles. The van der Waals surface area contributed by atoms with Crippen molar-refractivity contribution in [2.75, 3.05) is 18.0 Å². The summed E-state index contributed by atoms with van der Waals surface area (Å²) in [6.45, 7) is 1.19. The molecular formula is C14H14F3N3O. The minimum Gasteiger partial charge on any atom is -0.369 e. The molecule has 112 valence electrons. The first-order valence-corrected chi connectivity index (χ1v) is 6.48. The van der Waals surface area contributed by atoms with Gasteiger partial charge in [0.2, 0.25) is 5.91 Å². The van der Waals surface area contributed by atoms with E-state index in [1.807, 2.05) is 4.90 Å². The van der Waals surface area contributed by atoms with Gasteiger partial charge in [-0.2, -0.15) is 18.4 Å². The molecule has 1 aromatic carbocycles. The standard InChI is InChI=1S/C14H14F3N3O/c15-14(16,17)10-1-3-12(4-2-10)20-8-6-11(9-20)19-13(21)5-7-18/h1-4,11H,5-6,8-9H2,(H,19,21). The molecule has 21 heavy (non-hydrogen) atoms. The van der Waals surface area contributed by atoms with Gasteiger partial charge in [-0.25, -0.2) is 0 Å². The average molecular weight is 297 g/mol. The molecule has 0 saturated carbocycles. The number of nitrogens with zero attached hydrogens (tertiary/aromatic N) is 2. The quantitative estimate of drug-likeness (QED) is 0.931. The Bertz CT molecular complexity index is 548. The van der Waals surface area contributed by atoms with Crippen LogP contribution in [0.15, 0.2) is 24.3 Å². The summed E-state index contributed by atoms with van der Waals surface area (Å²) >= 11 is 0. The lowest BCUT2D eigenvalue weighted by Crippen LogP contribution is -2.36. The number of anilines is 1. The maximum atomic E-state index is 12.5. The van der Waals surface area contributed by atoms with Crippen molar-refractivity contribution in [3.63, 3.8) is 0 Å². The molecule has 1 aromatic rings. The van der Waals surface area contributed by atoms with Gasteiger partial charge in [0.15, 0.2) is 0 Å². The van der Waals surface area contributed by atoms with E-state index in [-0.39, 0.29) is 18.4 Å². The van der Waals surface area contributed by atoms with Crippen molar-refractivity contribution in [3.05, 3.63) is 29.8 Å². The SMILES string of the molecule is N#CCC(=O)NC1CCN(c2ccc(C(F)(F)F)cc2)C1. The van der Waals surface area contributed by atoms with Crippen LogP contribution in [0.2, 0.25) is 0 Å². The first-order valence-electron chi connectivity index (χ1n) is 6.48. The lowest BCUT2D eigenvalue weighted by Gasteiger charge is -2.19. The Balaban J connectivity index is 1.95. The molecule has 0 aliphatic carbocycles. The number of hydrogen-bond acceptors (Lipinski definition) is 3. The van der Waals surface area contributed by atoms with Crippen molar-refractivity contribution in [2.24, 2.45) is 0 Å². The second-order valence-electron chi connectivity index (χ2n) is 4.88. The van der Waals surface area contributed by atoms with E-state index in [2.05, 4.69) is 5.32 Å². The summed E-state index contributed by atoms with van der Waals surface area (Å²) in [4.78, 5) is 13.2. The minimum absolute atomic E-state index is 0.0758. The van der Waals surface area contributed by atoms with E-state index < -0.39 is 11.7 Å². The van der Waals surface area contributed by atoms with E-state index in [4.69, 9.17) is 5.26 Å². The highest BCUT2D eigenvalue weighted by Gasteiger charge is 2.30. The fraction of sp³-hybridized carbons (Fsp3) is 0.429. The molecule has 0 bridgehead atoms. The van der Waals surface area contributed by atoms with E-state index in [9.17, 15) is 18.0 Å². The lowest BCUT2D eigenvalue weighted by atomic mass is 10.2. The maximum Gasteiger partial charge on any atom is 0.416 e. The third-order valence-corrected chi connectivity index (χ3v) is 3.35. The van der Waals surface area contributed by atoms with Gasteiger partial charge in [-0.3, -0.25) is 4.79 Å². The van der Waals surface area contributed by atoms with Crippen LogP contribution < -0.4 is 10.2 Å². The van der Waals surface area contributed by atoms with Crippen LogP contribution in [-0.4, -0.2) is 25.0 Å². The Hall–Kier alpha value is -2.23. The fourth-order valence-corrected chi connectivity index (χ4v) is 2.32. The number of carbonyl (C=O) groups is 1. The van der Waals surface area contributed by atoms with Gasteiger partial charge >= 0.3 is 6.18 Å². The number of nitriles is 1. The molecule has 1 aliphatic rings. The zero-order valence-corrected chi connectivity index (χ0v) is 11.2. The summed E-state index contributed by atoms with van der Waals surface area (Å²) in [5.41, 5.74) is 0.0179. The topological polar surface area (TPSA) is 56.1 Å². The molecule has 7 heteroatoms. The summed E-state index contributed by atoms with van der Waals surface area (Å²) in [5, 5.41) is 11.2. The van der Waals surface area contributed by atoms with E-state index in [1.54, 1.807) is 6.07 Å². The highest BCUT2D eigenvalue weighted by atomic mass is 19.4. The van der Waals surface area contributed by atoms with Gasteiger partial charge in [-0.05, 0) is 30.7 Å². The molecule has 0 spiro atoms. The van der Waals surface area contributed by atoms with Crippen LogP contribution in [0, 0.1) is 11.3 Å². The number of carbonyl (C=O) groups excluding carboxylic acids is 1. The lowest BCUT2D eigenvalue weighted by molar-refractivity contribution is -0.137. The molecule has 1 aliphatic heterocycles. The largest absolute Gasteiger partial charge is 0.416 e. The van der Waals surface area contributed by atoms with Crippen molar-refractivity contribution in [3.8, 4) is 6.07 Å². The summed E-state index contributed by atoms with van der Waals surface area (Å²) in [6, 6.07) is 6.67. The maximum absolute atomic E-state index is 12.5. The zero-order valence-electron chi connectivity index (χ0n) is 11.2. The van der Waals surface area contributed by atoms with E-state index in [0.29, 0.717) is 25.2 Å². The highest BCUT2D eigenvalue weighted by molar-refractivity contribution is 5.78. The number of benzene rings is 1. The van der Waals surface area contributed by atoms with Gasteiger partial charge < -0.3 is 10.2 Å². The molecule has 1 atom stereocenters. The molecular weight excluding hydrogens is 283 g/mol. The third kappa shape index (κ3) is 3.88. The van der Waals surface area contributed by atoms with Gasteiger partial charge in [-0.1, -0.05) is 0 Å². The van der Waals surface area contributed by atoms with Crippen molar-refractivity contribution in [2.45, 2.75) is 25.1 Å². The minimum atomic E-state index is -4.34. The number of amides is 1. The van der Waals surface area contributed by atoms with E-state index >= 15 is 0 Å². The van der Waals surface area contributed by atoms with Crippen LogP contribution in [-0.2, 0) is 11.0 Å². The predicted octanol–water partition coefficient (Wildman–Crippen LogP) is 2.31. The summed E-state index contributed by atoms with van der Waals surface area (Å²) in [6.07, 6.45) is -3.81. The van der Waals surface area contributed by atoms with Crippen molar-refractivity contribution < 1.29 is 18.0 Å². The van der Waals surface area contributed by atoms with Crippen LogP contribution in [0.3, 0.4) is 0 Å². The second-order valence-corrected chi connectivity index (χ2v) is 4.88. The predicted molar refractivity (Wildman–Crippen MR) is 70.4 cm³/mol. The van der Waals surface area contributed by atoms with Crippen LogP contribution in [0.25, 0.3) is 0 Å². The number of halogens is 3. The molecule has 1 N–H and O–H groups in total. The molecule has 4 nitrogen and oxygen atoms in total. The van der Waals surface area contributed by atoms with Crippen LogP contribution in [0.5, 0.6) is 0 Å². The highest BCUT2D eigenvalue weighted by Crippen LogP contribution is 2.31. The third-order valence-electron chi connectivity index (χ3n) is 3.35. The van der Waals surface area contributed by atoms with Gasteiger partial charge in [0.25, 0.3) is 0 Å². The van der Waals surface area contributed by atoms with Crippen molar-refractivity contribution >= 4 is 11.6 Å². The average Bonchev–Trinajstić information content (AvgIpc) is 2.86. The van der Waals surface area contributed by atoms with Gasteiger partial charge in [0.05, 0.1) is 11.6 Å². The number of alkyl halides is 3. The first kappa shape index (κ1) is 15.2. The van der Waals surface area contributed by atoms with Crippen molar-refractivity contribution in [1.82, 2.24) is 5.32 Å². The van der Waals surface area contributed by atoms with Gasteiger partial charge in [0, 0.05) is 24.8 Å². The molecule has 2 rings (SSSR count). The summed E-state index contributed by atoms with van der Waals surface area (Å²) < 4.78 is 37.5. The van der Waals surface area contributed by atoms with Crippen LogP contribution >= 0.6 is 0 Å². The van der Waals surface area contributed by atoms with Crippen molar-refractivity contribution in [1.29, 1.82) is 5.26 Å². The monoisotopic (exact) mass is 297 g/mol. The van der Waals surface area contributed by atoms with Gasteiger partial charge in [-0.15, -0.1) is 0 Å². The molecule has 0 radical (unpaired) electrons. The Morgan fingerprint density at radius 2 is 2.05 bits per heavy atom. The Kier molecular flexibility index (Phi) is 4.36. The molecule has 1 heterocycles. The smallest absolute Gasteiger partial charge is 0.369 e. The summed E-state index contributed by atoms with van der Waals surface area (Å²) in [5.74, 6) is -0.322. The molecule has 1 amide bonds. The molecule has 1 unspecified atom stereocenters. The summed E-state index contributed by atoms with van der Waals surface area (Å²) in [7, 11) is 0. The van der Waals surface area contributed by atoms with Crippen LogP contribution in [0.1, 0.15) is 18.4 Å². The number of nitrogens with one attached hydrogen (secondary N) is 1. The number of hydrogen-bond donors (Lipinski definition) is 1. The Labute approximate surface area is 120 Å². The Morgan fingerprint density at radius 3 is 2.62 bits per heavy atom. The van der Waals surface area contributed by atoms with Gasteiger partial charge in [0.1, 0.15) is 6.42 Å². The van der Waals surface area contributed by atoms with Crippen LogP contribution in [0.4, 0.5) is 18.9 Å². The Morgan fingerprint density at radius 1 is 1.38 bits per heavy atom. The van der Waals surface area contributed by atoms with E-state index in [1.165, 1.54) is 12.1 Å². The van der Waals surface area contributed by atoms with E-state index in [0.717, 1.165) is 12.1 Å².